The molecule has 1 aliphatic rings. The van der Waals surface area contributed by atoms with Crippen molar-refractivity contribution < 1.29 is 18.7 Å². The lowest BCUT2D eigenvalue weighted by Crippen LogP contribution is -2.33. The second-order valence-corrected chi connectivity index (χ2v) is 7.48. The van der Waals surface area contributed by atoms with Crippen molar-refractivity contribution in [3.05, 3.63) is 83.6 Å². The van der Waals surface area contributed by atoms with E-state index in [2.05, 4.69) is 4.98 Å². The third kappa shape index (κ3) is 3.57. The number of rotatable bonds is 4. The van der Waals surface area contributed by atoms with Crippen LogP contribution in [0.1, 0.15) is 21.7 Å². The summed E-state index contributed by atoms with van der Waals surface area (Å²) in [5.41, 5.74) is 3.55. The van der Waals surface area contributed by atoms with Gasteiger partial charge in [0.2, 0.25) is 0 Å². The van der Waals surface area contributed by atoms with Crippen LogP contribution in [-0.2, 0) is 16.0 Å². The molecule has 0 fully saturated rings. The number of nitrogens with zero attached hydrogens (tertiary/aromatic N) is 2. The van der Waals surface area contributed by atoms with Crippen LogP contribution in [-0.4, -0.2) is 30.0 Å². The number of aryl methyl sites for hydroxylation is 1. The summed E-state index contributed by atoms with van der Waals surface area (Å²) in [7, 11) is 0. The Morgan fingerprint density at radius 2 is 1.87 bits per heavy atom. The van der Waals surface area contributed by atoms with E-state index < -0.39 is 5.97 Å². The van der Waals surface area contributed by atoms with Crippen LogP contribution in [0.3, 0.4) is 0 Å². The molecule has 0 atom stereocenters. The Morgan fingerprint density at radius 3 is 2.71 bits per heavy atom. The molecule has 2 aromatic carbocycles. The number of furan rings is 1. The van der Waals surface area contributed by atoms with Gasteiger partial charge in [-0.25, -0.2) is 9.78 Å². The number of amides is 1. The molecule has 0 N–H and O–H groups in total. The van der Waals surface area contributed by atoms with Crippen LogP contribution < -0.4 is 4.90 Å². The van der Waals surface area contributed by atoms with E-state index in [1.54, 1.807) is 11.0 Å². The maximum absolute atomic E-state index is 13.0. The maximum Gasteiger partial charge on any atom is 0.339 e. The Kier molecular flexibility index (Phi) is 4.75. The molecule has 0 saturated heterocycles. The molecule has 0 spiro atoms. The number of ether oxygens (including phenoxy) is 1. The molecule has 0 bridgehead atoms. The summed E-state index contributed by atoms with van der Waals surface area (Å²) in [5, 5.41) is 0.665. The van der Waals surface area contributed by atoms with E-state index in [0.717, 1.165) is 23.4 Å². The minimum absolute atomic E-state index is 0.237. The molecule has 6 heteroatoms. The van der Waals surface area contributed by atoms with Gasteiger partial charge in [0, 0.05) is 17.6 Å². The second-order valence-electron chi connectivity index (χ2n) is 7.48. The van der Waals surface area contributed by atoms with Gasteiger partial charge >= 0.3 is 5.97 Å². The first kappa shape index (κ1) is 19.1. The van der Waals surface area contributed by atoms with Crippen molar-refractivity contribution in [2.24, 2.45) is 0 Å². The summed E-state index contributed by atoms with van der Waals surface area (Å²) in [6.07, 6.45) is 0.802. The number of esters is 1. The van der Waals surface area contributed by atoms with Crippen molar-refractivity contribution in [3.63, 3.8) is 0 Å². The standard InChI is InChI=1S/C25H20N2O4/c1-16-10-11-23(31-16)21-14-19(18-7-3-4-8-20(18)26-21)25(29)30-15-24(28)27-13-12-17-6-2-5-9-22(17)27/h2-11,14H,12-13,15H2,1H3. The van der Waals surface area contributed by atoms with Crippen LogP contribution in [0.2, 0.25) is 0 Å². The van der Waals surface area contributed by atoms with E-state index in [-0.39, 0.29) is 12.5 Å². The molecule has 4 aromatic rings. The Balaban J connectivity index is 1.40. The molecule has 0 unspecified atom stereocenters. The normalized spacial score (nSPS) is 12.7. The van der Waals surface area contributed by atoms with E-state index in [1.807, 2.05) is 67.6 Å². The van der Waals surface area contributed by atoms with Gasteiger partial charge in [0.05, 0.1) is 11.1 Å². The van der Waals surface area contributed by atoms with E-state index in [0.29, 0.717) is 34.5 Å². The average molecular weight is 412 g/mol. The fourth-order valence-corrected chi connectivity index (χ4v) is 3.92. The molecule has 0 saturated carbocycles. The van der Waals surface area contributed by atoms with Crippen molar-refractivity contribution in [1.82, 2.24) is 4.98 Å². The Hall–Kier alpha value is -3.93. The second kappa shape index (κ2) is 7.72. The summed E-state index contributed by atoms with van der Waals surface area (Å²) in [6.45, 7) is 2.12. The minimum atomic E-state index is -0.566. The fraction of sp³-hybridized carbons (Fsp3) is 0.160. The summed E-state index contributed by atoms with van der Waals surface area (Å²) in [6, 6.07) is 20.4. The number of fused-ring (bicyclic) bond motifs is 2. The molecule has 5 rings (SSSR count). The summed E-state index contributed by atoms with van der Waals surface area (Å²) in [4.78, 5) is 32.0. The lowest BCUT2D eigenvalue weighted by molar-refractivity contribution is -0.121. The molecule has 31 heavy (non-hydrogen) atoms. The van der Waals surface area contributed by atoms with E-state index in [4.69, 9.17) is 9.15 Å². The van der Waals surface area contributed by atoms with Crippen LogP contribution in [0.4, 0.5) is 5.69 Å². The van der Waals surface area contributed by atoms with Crippen molar-refractivity contribution in [2.45, 2.75) is 13.3 Å². The van der Waals surface area contributed by atoms with Gasteiger partial charge in [-0.1, -0.05) is 36.4 Å². The van der Waals surface area contributed by atoms with Crippen LogP contribution >= 0.6 is 0 Å². The van der Waals surface area contributed by atoms with Gasteiger partial charge in [-0.15, -0.1) is 0 Å². The number of para-hydroxylation sites is 2. The largest absolute Gasteiger partial charge is 0.460 e. The molecule has 3 heterocycles. The number of hydrogen-bond acceptors (Lipinski definition) is 5. The van der Waals surface area contributed by atoms with Crippen LogP contribution in [0.25, 0.3) is 22.4 Å². The number of pyridine rings is 1. The number of hydrogen-bond donors (Lipinski definition) is 0. The van der Waals surface area contributed by atoms with E-state index in [9.17, 15) is 9.59 Å². The monoisotopic (exact) mass is 412 g/mol. The number of benzene rings is 2. The topological polar surface area (TPSA) is 72.6 Å². The highest BCUT2D eigenvalue weighted by atomic mass is 16.5. The van der Waals surface area contributed by atoms with Gasteiger partial charge < -0.3 is 14.1 Å². The van der Waals surface area contributed by atoms with Gasteiger partial charge in [0.25, 0.3) is 5.91 Å². The molecular formula is C25H20N2O4. The predicted molar refractivity (Wildman–Crippen MR) is 117 cm³/mol. The molecule has 154 valence electrons. The van der Waals surface area contributed by atoms with Gasteiger partial charge in [-0.05, 0) is 49.2 Å². The highest BCUT2D eigenvalue weighted by molar-refractivity contribution is 6.05. The highest BCUT2D eigenvalue weighted by Crippen LogP contribution is 2.28. The van der Waals surface area contributed by atoms with Gasteiger partial charge in [0.1, 0.15) is 11.5 Å². The third-order valence-corrected chi connectivity index (χ3v) is 5.44. The van der Waals surface area contributed by atoms with Crippen molar-refractivity contribution in [1.29, 1.82) is 0 Å². The summed E-state index contributed by atoms with van der Waals surface area (Å²) < 4.78 is 11.1. The average Bonchev–Trinajstić information content (AvgIpc) is 3.43. The number of carbonyl (C=O) groups is 2. The number of anilines is 1. The molecule has 0 aliphatic carbocycles. The molecule has 1 amide bonds. The SMILES string of the molecule is Cc1ccc(-c2cc(C(=O)OCC(=O)N3CCc4ccccc43)c3ccccc3n2)o1. The lowest BCUT2D eigenvalue weighted by Gasteiger charge is -2.17. The Bertz CT molecular complexity index is 1310. The van der Waals surface area contributed by atoms with Gasteiger partial charge in [0.15, 0.2) is 12.4 Å². The Labute approximate surface area is 179 Å². The Morgan fingerprint density at radius 1 is 1.06 bits per heavy atom. The molecule has 2 aromatic heterocycles. The predicted octanol–water partition coefficient (Wildman–Crippen LogP) is 4.55. The molecular weight excluding hydrogens is 392 g/mol. The van der Waals surface area contributed by atoms with E-state index >= 15 is 0 Å². The smallest absolute Gasteiger partial charge is 0.339 e. The van der Waals surface area contributed by atoms with Crippen LogP contribution in [0.5, 0.6) is 0 Å². The first-order chi connectivity index (χ1) is 15.1. The molecule has 0 radical (unpaired) electrons. The van der Waals surface area contributed by atoms with E-state index in [1.165, 1.54) is 0 Å². The van der Waals surface area contributed by atoms with Crippen LogP contribution in [0.15, 0.2) is 71.1 Å². The molecule has 6 nitrogen and oxygen atoms in total. The summed E-state index contributed by atoms with van der Waals surface area (Å²) in [5.74, 6) is 0.523. The first-order valence-electron chi connectivity index (χ1n) is 10.1. The maximum atomic E-state index is 13.0. The lowest BCUT2D eigenvalue weighted by atomic mass is 10.1. The van der Waals surface area contributed by atoms with Crippen LogP contribution in [0, 0.1) is 6.92 Å². The summed E-state index contributed by atoms with van der Waals surface area (Å²) >= 11 is 0. The minimum Gasteiger partial charge on any atom is -0.460 e. The fourth-order valence-electron chi connectivity index (χ4n) is 3.92. The van der Waals surface area contributed by atoms with Gasteiger partial charge in [-0.2, -0.15) is 0 Å². The quantitative estimate of drug-likeness (QED) is 0.460. The number of carbonyl (C=O) groups excluding carboxylic acids is 2. The zero-order valence-corrected chi connectivity index (χ0v) is 17.0. The highest BCUT2D eigenvalue weighted by Gasteiger charge is 2.25. The molecule has 1 aliphatic heterocycles. The zero-order chi connectivity index (χ0) is 21.4. The van der Waals surface area contributed by atoms with Gasteiger partial charge in [-0.3, -0.25) is 4.79 Å². The number of aromatic nitrogens is 1. The first-order valence-corrected chi connectivity index (χ1v) is 10.1. The van der Waals surface area contributed by atoms with Crippen molar-refractivity contribution in [2.75, 3.05) is 18.1 Å². The van der Waals surface area contributed by atoms with Crippen molar-refractivity contribution in [3.8, 4) is 11.5 Å². The van der Waals surface area contributed by atoms with Crippen molar-refractivity contribution >= 4 is 28.5 Å². The third-order valence-electron chi connectivity index (χ3n) is 5.44. The zero-order valence-electron chi connectivity index (χ0n) is 17.0.